The van der Waals surface area contributed by atoms with E-state index in [4.69, 9.17) is 4.74 Å². The van der Waals surface area contributed by atoms with Gasteiger partial charge in [-0.1, -0.05) is 0 Å². The highest BCUT2D eigenvalue weighted by atomic mass is 16.5. The van der Waals surface area contributed by atoms with E-state index in [0.717, 1.165) is 0 Å². The summed E-state index contributed by atoms with van der Waals surface area (Å²) in [6.07, 6.45) is 0. The van der Waals surface area contributed by atoms with Gasteiger partial charge in [-0.15, -0.1) is 0 Å². The molecule has 0 spiro atoms. The molecule has 4 nitrogen and oxygen atoms in total. The van der Waals surface area contributed by atoms with Gasteiger partial charge in [-0.3, -0.25) is 4.79 Å². The number of esters is 1. The summed E-state index contributed by atoms with van der Waals surface area (Å²) in [6, 6.07) is 4.65. The van der Waals surface area contributed by atoms with Crippen LogP contribution in [0.25, 0.3) is 0 Å². The lowest BCUT2D eigenvalue weighted by atomic mass is 10.1. The molecule has 72 valence electrons. The number of methoxy groups -OCH3 is 1. The van der Waals surface area contributed by atoms with Crippen LogP contribution in [0.1, 0.15) is 20.7 Å². The van der Waals surface area contributed by atoms with Crippen LogP contribution in [0.15, 0.2) is 18.2 Å². The van der Waals surface area contributed by atoms with Crippen LogP contribution in [0, 0.1) is 0 Å². The van der Waals surface area contributed by atoms with E-state index in [1.54, 1.807) is 12.1 Å². The zero-order chi connectivity index (χ0) is 10.1. The molecule has 1 heterocycles. The van der Waals surface area contributed by atoms with Crippen molar-refractivity contribution in [3.8, 4) is 5.75 Å². The minimum atomic E-state index is -0.434. The Morgan fingerprint density at radius 2 is 2.29 bits per heavy atom. The molecule has 0 aliphatic carbocycles. The highest BCUT2D eigenvalue weighted by molar-refractivity contribution is 6.03. The summed E-state index contributed by atoms with van der Waals surface area (Å²) in [5.41, 5.74) is 0.915. The zero-order valence-corrected chi connectivity index (χ0v) is 7.57. The van der Waals surface area contributed by atoms with Crippen molar-refractivity contribution in [2.75, 3.05) is 13.7 Å². The van der Waals surface area contributed by atoms with Gasteiger partial charge in [0.05, 0.1) is 18.2 Å². The second kappa shape index (κ2) is 3.14. The molecule has 1 aromatic carbocycles. The molecule has 14 heavy (non-hydrogen) atoms. The predicted molar refractivity (Wildman–Crippen MR) is 47.6 cm³/mol. The third-order valence-corrected chi connectivity index (χ3v) is 2.06. The number of ether oxygens (including phenoxy) is 2. The largest absolute Gasteiger partial charge is 0.485 e. The molecule has 4 heteroatoms. The summed E-state index contributed by atoms with van der Waals surface area (Å²) in [5, 5.41) is 0. The zero-order valence-electron chi connectivity index (χ0n) is 7.57. The van der Waals surface area contributed by atoms with Crippen molar-refractivity contribution < 1.29 is 19.1 Å². The molecule has 0 atom stereocenters. The van der Waals surface area contributed by atoms with Crippen molar-refractivity contribution in [3.05, 3.63) is 29.3 Å². The minimum Gasteiger partial charge on any atom is -0.485 e. The third kappa shape index (κ3) is 1.25. The van der Waals surface area contributed by atoms with Crippen LogP contribution in [0.3, 0.4) is 0 Å². The summed E-state index contributed by atoms with van der Waals surface area (Å²) in [7, 11) is 1.31. The summed E-state index contributed by atoms with van der Waals surface area (Å²) in [4.78, 5) is 22.3. The van der Waals surface area contributed by atoms with Crippen LogP contribution in [-0.4, -0.2) is 25.5 Å². The van der Waals surface area contributed by atoms with Gasteiger partial charge in [0, 0.05) is 0 Å². The van der Waals surface area contributed by atoms with Crippen molar-refractivity contribution in [2.24, 2.45) is 0 Å². The number of Topliss-reactive ketones (excluding diaryl/α,β-unsaturated/α-hetero) is 1. The summed E-state index contributed by atoms with van der Waals surface area (Å²) >= 11 is 0. The minimum absolute atomic E-state index is 0.0555. The summed E-state index contributed by atoms with van der Waals surface area (Å²) < 4.78 is 9.63. The van der Waals surface area contributed by atoms with Gasteiger partial charge in [0.2, 0.25) is 5.78 Å². The Labute approximate surface area is 80.4 Å². The van der Waals surface area contributed by atoms with Crippen LogP contribution in [0.2, 0.25) is 0 Å². The summed E-state index contributed by atoms with van der Waals surface area (Å²) in [6.45, 7) is 0.0555. The highest BCUT2D eigenvalue weighted by Crippen LogP contribution is 2.26. The Balaban J connectivity index is 2.42. The lowest BCUT2D eigenvalue weighted by Crippen LogP contribution is -2.01. The van der Waals surface area contributed by atoms with E-state index in [-0.39, 0.29) is 12.4 Å². The number of fused-ring (bicyclic) bond motifs is 1. The van der Waals surface area contributed by atoms with Crippen molar-refractivity contribution in [1.29, 1.82) is 0 Å². The first-order valence-electron chi connectivity index (χ1n) is 4.11. The van der Waals surface area contributed by atoms with Crippen LogP contribution in [-0.2, 0) is 4.74 Å². The number of rotatable bonds is 1. The Bertz CT molecular complexity index is 409. The van der Waals surface area contributed by atoms with E-state index in [1.807, 2.05) is 0 Å². The van der Waals surface area contributed by atoms with Crippen molar-refractivity contribution in [3.63, 3.8) is 0 Å². The van der Waals surface area contributed by atoms with Crippen molar-refractivity contribution in [2.45, 2.75) is 0 Å². The van der Waals surface area contributed by atoms with Gasteiger partial charge in [-0.05, 0) is 18.2 Å². The van der Waals surface area contributed by atoms with E-state index in [1.165, 1.54) is 13.2 Å². The number of benzene rings is 1. The maximum atomic E-state index is 11.2. The average Bonchev–Trinajstić information content (AvgIpc) is 2.59. The quantitative estimate of drug-likeness (QED) is 0.624. The van der Waals surface area contributed by atoms with E-state index >= 15 is 0 Å². The van der Waals surface area contributed by atoms with E-state index in [9.17, 15) is 9.59 Å². The smallest absolute Gasteiger partial charge is 0.337 e. The molecule has 1 aliphatic rings. The fraction of sp³-hybridized carbons (Fsp3) is 0.200. The average molecular weight is 192 g/mol. The third-order valence-electron chi connectivity index (χ3n) is 2.06. The number of carbonyl (C=O) groups excluding carboxylic acids is 2. The van der Waals surface area contributed by atoms with E-state index in [0.29, 0.717) is 16.9 Å². The Hall–Kier alpha value is -1.84. The number of hydrogen-bond donors (Lipinski definition) is 0. The normalized spacial score (nSPS) is 13.4. The lowest BCUT2D eigenvalue weighted by molar-refractivity contribution is 0.0600. The number of hydrogen-bond acceptors (Lipinski definition) is 4. The standard InChI is InChI=1S/C10H8O4/c1-13-10(12)6-2-3-7-8(11)5-14-9(7)4-6/h2-4H,5H2,1H3. The monoisotopic (exact) mass is 192 g/mol. The van der Waals surface area contributed by atoms with Gasteiger partial charge in [0.15, 0.2) is 6.61 Å². The second-order valence-electron chi connectivity index (χ2n) is 2.91. The predicted octanol–water partition coefficient (Wildman–Crippen LogP) is 1.05. The van der Waals surface area contributed by atoms with Crippen LogP contribution in [0.5, 0.6) is 5.75 Å². The lowest BCUT2D eigenvalue weighted by Gasteiger charge is -2.01. The second-order valence-corrected chi connectivity index (χ2v) is 2.91. The molecule has 0 aromatic heterocycles. The van der Waals surface area contributed by atoms with Crippen molar-refractivity contribution >= 4 is 11.8 Å². The summed E-state index contributed by atoms with van der Waals surface area (Å²) in [5.74, 6) is -0.0370. The highest BCUT2D eigenvalue weighted by Gasteiger charge is 2.22. The molecule has 1 aliphatic heterocycles. The molecule has 0 saturated heterocycles. The first kappa shape index (κ1) is 8.74. The van der Waals surface area contributed by atoms with Gasteiger partial charge in [0.25, 0.3) is 0 Å². The molecular weight excluding hydrogens is 184 g/mol. The van der Waals surface area contributed by atoms with Crippen molar-refractivity contribution in [1.82, 2.24) is 0 Å². The molecular formula is C10H8O4. The maximum Gasteiger partial charge on any atom is 0.337 e. The van der Waals surface area contributed by atoms with Gasteiger partial charge in [0.1, 0.15) is 5.75 Å². The van der Waals surface area contributed by atoms with Gasteiger partial charge in [-0.2, -0.15) is 0 Å². The maximum absolute atomic E-state index is 11.2. The Morgan fingerprint density at radius 3 is 3.00 bits per heavy atom. The van der Waals surface area contributed by atoms with Crippen LogP contribution < -0.4 is 4.74 Å². The molecule has 0 N–H and O–H groups in total. The fourth-order valence-electron chi connectivity index (χ4n) is 1.34. The molecule has 2 rings (SSSR count). The first-order valence-corrected chi connectivity index (χ1v) is 4.11. The Kier molecular flexibility index (Phi) is 1.96. The van der Waals surface area contributed by atoms with Crippen LogP contribution >= 0.6 is 0 Å². The van der Waals surface area contributed by atoms with Gasteiger partial charge in [-0.25, -0.2) is 4.79 Å². The Morgan fingerprint density at radius 1 is 1.50 bits per heavy atom. The van der Waals surface area contributed by atoms with E-state index < -0.39 is 5.97 Å². The fourth-order valence-corrected chi connectivity index (χ4v) is 1.34. The molecule has 0 radical (unpaired) electrons. The molecule has 0 saturated carbocycles. The molecule has 0 bridgehead atoms. The molecule has 1 aromatic rings. The molecule has 0 fully saturated rings. The first-order chi connectivity index (χ1) is 6.72. The van der Waals surface area contributed by atoms with Crippen LogP contribution in [0.4, 0.5) is 0 Å². The number of ketones is 1. The van der Waals surface area contributed by atoms with Gasteiger partial charge >= 0.3 is 5.97 Å². The molecule has 0 amide bonds. The van der Waals surface area contributed by atoms with Gasteiger partial charge < -0.3 is 9.47 Å². The van der Waals surface area contributed by atoms with E-state index in [2.05, 4.69) is 4.74 Å². The number of carbonyl (C=O) groups is 2. The SMILES string of the molecule is COC(=O)c1ccc2c(c1)OCC2=O. The topological polar surface area (TPSA) is 52.6 Å². The molecule has 0 unspecified atom stereocenters.